The van der Waals surface area contributed by atoms with Gasteiger partial charge in [-0.1, -0.05) is 12.1 Å². The van der Waals surface area contributed by atoms with E-state index in [1.54, 1.807) is 11.8 Å². The maximum atomic E-state index is 12.8. The van der Waals surface area contributed by atoms with Crippen molar-refractivity contribution in [3.8, 4) is 17.2 Å². The predicted molar refractivity (Wildman–Crippen MR) is 110 cm³/mol. The molecule has 0 spiro atoms. The van der Waals surface area contributed by atoms with Gasteiger partial charge in [-0.25, -0.2) is 0 Å². The number of benzene rings is 2. The molecule has 0 bridgehead atoms. The lowest BCUT2D eigenvalue weighted by atomic mass is 9.90. The van der Waals surface area contributed by atoms with Crippen LogP contribution < -0.4 is 20.1 Å². The Morgan fingerprint density at radius 3 is 2.59 bits per heavy atom. The third-order valence-corrected chi connectivity index (χ3v) is 5.12. The van der Waals surface area contributed by atoms with E-state index >= 15 is 0 Å². The van der Waals surface area contributed by atoms with Gasteiger partial charge in [-0.15, -0.1) is 0 Å². The molecule has 1 aromatic heterocycles. The normalized spacial score (nSPS) is 18.4. The molecular weight excluding hydrogens is 368 g/mol. The number of nitrogens with zero attached hydrogens (tertiary/aromatic N) is 2. The summed E-state index contributed by atoms with van der Waals surface area (Å²) >= 11 is 0. The molecule has 1 aliphatic rings. The van der Waals surface area contributed by atoms with E-state index in [0.29, 0.717) is 23.8 Å². The molecule has 29 heavy (non-hydrogen) atoms. The largest absolute Gasteiger partial charge is 0.493 e. The van der Waals surface area contributed by atoms with E-state index in [9.17, 15) is 4.79 Å². The first-order chi connectivity index (χ1) is 14.1. The second-order valence-corrected chi connectivity index (χ2v) is 7.09. The lowest BCUT2D eigenvalue weighted by molar-refractivity contribution is -0.119. The van der Waals surface area contributed by atoms with Crippen LogP contribution in [0.15, 0.2) is 60.9 Å². The van der Waals surface area contributed by atoms with Gasteiger partial charge in [0.2, 0.25) is 5.91 Å². The van der Waals surface area contributed by atoms with Crippen molar-refractivity contribution in [2.75, 3.05) is 25.5 Å². The van der Waals surface area contributed by atoms with Gasteiger partial charge >= 0.3 is 0 Å². The number of para-hydroxylation sites is 2. The van der Waals surface area contributed by atoms with Gasteiger partial charge in [0.25, 0.3) is 0 Å². The van der Waals surface area contributed by atoms with Crippen molar-refractivity contribution in [1.29, 1.82) is 0 Å². The lowest BCUT2D eigenvalue weighted by Crippen LogP contribution is -2.28. The van der Waals surface area contributed by atoms with Gasteiger partial charge in [-0.2, -0.15) is 5.10 Å². The Kier molecular flexibility index (Phi) is 5.48. The van der Waals surface area contributed by atoms with Crippen LogP contribution >= 0.6 is 0 Å². The van der Waals surface area contributed by atoms with E-state index in [1.165, 1.54) is 0 Å². The van der Waals surface area contributed by atoms with Crippen molar-refractivity contribution in [2.45, 2.75) is 5.92 Å². The number of hydrogen-bond donors (Lipinski definition) is 2. The lowest BCUT2D eigenvalue weighted by Gasteiger charge is -2.17. The van der Waals surface area contributed by atoms with E-state index in [1.807, 2.05) is 68.0 Å². The highest BCUT2D eigenvalue weighted by Crippen LogP contribution is 2.32. The number of anilines is 1. The Labute approximate surface area is 169 Å². The third kappa shape index (κ3) is 4.25. The average Bonchev–Trinajstić information content (AvgIpc) is 3.39. The first-order valence-electron chi connectivity index (χ1n) is 9.55. The van der Waals surface area contributed by atoms with Gasteiger partial charge in [-0.05, 0) is 42.0 Å². The molecule has 7 heteroatoms. The molecular formula is C22H24N4O3. The molecule has 0 aliphatic carbocycles. The van der Waals surface area contributed by atoms with Crippen LogP contribution in [0.3, 0.4) is 0 Å². The van der Waals surface area contributed by atoms with Crippen LogP contribution in [0.4, 0.5) is 5.69 Å². The maximum Gasteiger partial charge on any atom is 0.229 e. The monoisotopic (exact) mass is 392 g/mol. The second kappa shape index (κ2) is 8.36. The molecule has 1 fully saturated rings. The average molecular weight is 392 g/mol. The van der Waals surface area contributed by atoms with Crippen LogP contribution in [0, 0.1) is 5.92 Å². The fourth-order valence-electron chi connectivity index (χ4n) is 3.61. The van der Waals surface area contributed by atoms with E-state index in [2.05, 4.69) is 15.7 Å². The quantitative estimate of drug-likeness (QED) is 0.674. The Hall–Kier alpha value is -3.32. The number of hydrogen-bond acceptors (Lipinski definition) is 5. The SMILES string of the molecule is COc1ccccc1Oc1ccc(NC(=O)[C@H]2CNC[C@@H]2c2cnn(C)c2)cc1. The smallest absolute Gasteiger partial charge is 0.229 e. The van der Waals surface area contributed by atoms with Gasteiger partial charge in [0, 0.05) is 37.9 Å². The number of rotatable bonds is 6. The summed E-state index contributed by atoms with van der Waals surface area (Å²) < 4.78 is 13.0. The molecule has 7 nitrogen and oxygen atoms in total. The molecule has 2 aromatic carbocycles. The number of methoxy groups -OCH3 is 1. The van der Waals surface area contributed by atoms with E-state index < -0.39 is 0 Å². The zero-order valence-corrected chi connectivity index (χ0v) is 16.5. The van der Waals surface area contributed by atoms with Crippen LogP contribution in [0.25, 0.3) is 0 Å². The molecule has 2 atom stereocenters. The number of aryl methyl sites for hydroxylation is 1. The molecule has 0 saturated carbocycles. The molecule has 2 heterocycles. The van der Waals surface area contributed by atoms with Crippen LogP contribution in [0.2, 0.25) is 0 Å². The van der Waals surface area contributed by atoms with Crippen molar-refractivity contribution in [3.63, 3.8) is 0 Å². The van der Waals surface area contributed by atoms with E-state index in [4.69, 9.17) is 9.47 Å². The summed E-state index contributed by atoms with van der Waals surface area (Å²) in [6.07, 6.45) is 3.81. The first kappa shape index (κ1) is 19.0. The summed E-state index contributed by atoms with van der Waals surface area (Å²) in [6.45, 7) is 1.43. The molecule has 150 valence electrons. The predicted octanol–water partition coefficient (Wildman–Crippen LogP) is 3.16. The highest BCUT2D eigenvalue weighted by Gasteiger charge is 2.34. The van der Waals surface area contributed by atoms with Gasteiger partial charge in [0.1, 0.15) is 5.75 Å². The standard InChI is InChI=1S/C22H24N4O3/c1-26-14-15(11-24-26)18-12-23-13-19(18)22(27)25-16-7-9-17(10-8-16)29-21-6-4-3-5-20(21)28-2/h3-11,14,18-19,23H,12-13H2,1-2H3,(H,25,27)/t18-,19+/m1/s1. The number of aromatic nitrogens is 2. The number of nitrogens with one attached hydrogen (secondary N) is 2. The molecule has 0 unspecified atom stereocenters. The number of carbonyl (C=O) groups is 1. The fourth-order valence-corrected chi connectivity index (χ4v) is 3.61. The van der Waals surface area contributed by atoms with Crippen molar-refractivity contribution < 1.29 is 14.3 Å². The minimum Gasteiger partial charge on any atom is -0.493 e. The van der Waals surface area contributed by atoms with Crippen LogP contribution in [-0.2, 0) is 11.8 Å². The van der Waals surface area contributed by atoms with E-state index in [-0.39, 0.29) is 17.7 Å². The van der Waals surface area contributed by atoms with Crippen molar-refractivity contribution in [3.05, 3.63) is 66.5 Å². The third-order valence-electron chi connectivity index (χ3n) is 5.12. The van der Waals surface area contributed by atoms with Crippen LogP contribution in [-0.4, -0.2) is 35.9 Å². The highest BCUT2D eigenvalue weighted by molar-refractivity contribution is 5.93. The fraction of sp³-hybridized carbons (Fsp3) is 0.273. The van der Waals surface area contributed by atoms with Crippen molar-refractivity contribution in [2.24, 2.45) is 13.0 Å². The summed E-state index contributed by atoms with van der Waals surface area (Å²) in [4.78, 5) is 12.8. The Morgan fingerprint density at radius 2 is 1.90 bits per heavy atom. The zero-order valence-electron chi connectivity index (χ0n) is 16.5. The topological polar surface area (TPSA) is 77.4 Å². The number of amides is 1. The van der Waals surface area contributed by atoms with E-state index in [0.717, 1.165) is 17.8 Å². The maximum absolute atomic E-state index is 12.8. The van der Waals surface area contributed by atoms with Gasteiger partial charge in [0.05, 0.1) is 19.2 Å². The Morgan fingerprint density at radius 1 is 1.14 bits per heavy atom. The van der Waals surface area contributed by atoms with Gasteiger partial charge in [0.15, 0.2) is 11.5 Å². The van der Waals surface area contributed by atoms with Crippen molar-refractivity contribution >= 4 is 11.6 Å². The summed E-state index contributed by atoms with van der Waals surface area (Å²) in [5.41, 5.74) is 1.82. The molecule has 0 radical (unpaired) electrons. The van der Waals surface area contributed by atoms with Gasteiger partial charge in [-0.3, -0.25) is 9.48 Å². The van der Waals surface area contributed by atoms with Crippen LogP contribution in [0.5, 0.6) is 17.2 Å². The number of carbonyl (C=O) groups excluding carboxylic acids is 1. The van der Waals surface area contributed by atoms with Crippen molar-refractivity contribution in [1.82, 2.24) is 15.1 Å². The molecule has 1 aliphatic heterocycles. The minimum atomic E-state index is -0.135. The Bertz CT molecular complexity index is 984. The molecule has 4 rings (SSSR count). The summed E-state index contributed by atoms with van der Waals surface area (Å²) in [6, 6.07) is 14.8. The summed E-state index contributed by atoms with van der Waals surface area (Å²) in [5.74, 6) is 1.97. The minimum absolute atomic E-state index is 0.00208. The zero-order chi connectivity index (χ0) is 20.2. The second-order valence-electron chi connectivity index (χ2n) is 7.09. The molecule has 2 N–H and O–H groups in total. The highest BCUT2D eigenvalue weighted by atomic mass is 16.5. The molecule has 1 saturated heterocycles. The summed E-state index contributed by atoms with van der Waals surface area (Å²) in [7, 11) is 3.49. The Balaban J connectivity index is 1.41. The number of ether oxygens (including phenoxy) is 2. The summed E-state index contributed by atoms with van der Waals surface area (Å²) in [5, 5.41) is 10.6. The molecule has 3 aromatic rings. The first-order valence-corrected chi connectivity index (χ1v) is 9.55. The molecule has 1 amide bonds. The van der Waals surface area contributed by atoms with Crippen LogP contribution in [0.1, 0.15) is 11.5 Å². The van der Waals surface area contributed by atoms with Gasteiger partial charge < -0.3 is 20.1 Å².